The SMILES string of the molecule is COc1cccc(F)c1Nc1cc2cnn(-c3csc(C(=O)NC4COC4)c3)c2nc1C. The van der Waals surface area contributed by atoms with Crippen molar-refractivity contribution >= 4 is 39.7 Å². The summed E-state index contributed by atoms with van der Waals surface area (Å²) in [7, 11) is 1.49. The van der Waals surface area contributed by atoms with Crippen LogP contribution in [0, 0.1) is 12.7 Å². The molecular formula is C22H20FN5O3S. The summed E-state index contributed by atoms with van der Waals surface area (Å²) in [4.78, 5) is 17.7. The molecule has 1 fully saturated rings. The van der Waals surface area contributed by atoms with Gasteiger partial charge in [-0.1, -0.05) is 6.07 Å². The van der Waals surface area contributed by atoms with Crippen LogP contribution >= 0.6 is 11.3 Å². The molecule has 1 aliphatic rings. The van der Waals surface area contributed by atoms with Gasteiger partial charge >= 0.3 is 0 Å². The van der Waals surface area contributed by atoms with Crippen molar-refractivity contribution in [2.45, 2.75) is 13.0 Å². The number of hydrogen-bond acceptors (Lipinski definition) is 7. The van der Waals surface area contributed by atoms with Crippen molar-refractivity contribution in [3.05, 3.63) is 58.3 Å². The van der Waals surface area contributed by atoms with Crippen LogP contribution in [0.25, 0.3) is 16.7 Å². The summed E-state index contributed by atoms with van der Waals surface area (Å²) >= 11 is 1.35. The van der Waals surface area contributed by atoms with E-state index in [0.29, 0.717) is 40.9 Å². The Morgan fingerprint density at radius 1 is 1.34 bits per heavy atom. The lowest BCUT2D eigenvalue weighted by atomic mass is 10.2. The first-order valence-corrected chi connectivity index (χ1v) is 10.8. The van der Waals surface area contributed by atoms with Crippen molar-refractivity contribution in [1.82, 2.24) is 20.1 Å². The number of nitrogens with one attached hydrogen (secondary N) is 2. The third-order valence-corrected chi connectivity index (χ3v) is 6.13. The van der Waals surface area contributed by atoms with Crippen LogP contribution in [-0.4, -0.2) is 47.0 Å². The molecule has 1 aliphatic heterocycles. The number of nitrogens with zero attached hydrogens (tertiary/aromatic N) is 3. The number of aromatic nitrogens is 3. The third-order valence-electron chi connectivity index (χ3n) is 5.22. The van der Waals surface area contributed by atoms with E-state index >= 15 is 0 Å². The van der Waals surface area contributed by atoms with Crippen molar-refractivity contribution < 1.29 is 18.7 Å². The lowest BCUT2D eigenvalue weighted by Crippen LogP contribution is -2.48. The molecule has 3 aromatic heterocycles. The van der Waals surface area contributed by atoms with Crippen LogP contribution in [0.5, 0.6) is 5.75 Å². The lowest BCUT2D eigenvalue weighted by Gasteiger charge is -2.26. The number of methoxy groups -OCH3 is 1. The van der Waals surface area contributed by atoms with Crippen LogP contribution < -0.4 is 15.4 Å². The Morgan fingerprint density at radius 2 is 2.19 bits per heavy atom. The van der Waals surface area contributed by atoms with Gasteiger partial charge in [0.05, 0.1) is 54.5 Å². The van der Waals surface area contributed by atoms with E-state index in [1.165, 1.54) is 24.5 Å². The van der Waals surface area contributed by atoms with Gasteiger partial charge < -0.3 is 20.1 Å². The number of thiophene rings is 1. The average molecular weight is 453 g/mol. The van der Waals surface area contributed by atoms with Crippen LogP contribution in [-0.2, 0) is 4.74 Å². The van der Waals surface area contributed by atoms with E-state index in [1.54, 1.807) is 29.1 Å². The van der Waals surface area contributed by atoms with E-state index in [4.69, 9.17) is 9.47 Å². The van der Waals surface area contributed by atoms with E-state index < -0.39 is 5.82 Å². The summed E-state index contributed by atoms with van der Waals surface area (Å²) in [5.41, 5.74) is 2.96. The summed E-state index contributed by atoms with van der Waals surface area (Å²) in [5.74, 6) is -0.143. The molecule has 5 rings (SSSR count). The Hall–Kier alpha value is -3.50. The van der Waals surface area contributed by atoms with Gasteiger partial charge in [0, 0.05) is 10.8 Å². The lowest BCUT2D eigenvalue weighted by molar-refractivity contribution is -0.00338. The second-order valence-electron chi connectivity index (χ2n) is 7.41. The predicted octanol–water partition coefficient (Wildman–Crippen LogP) is 3.81. The largest absolute Gasteiger partial charge is 0.494 e. The molecule has 1 amide bonds. The van der Waals surface area contributed by atoms with E-state index in [-0.39, 0.29) is 17.6 Å². The van der Waals surface area contributed by atoms with Gasteiger partial charge in [-0.3, -0.25) is 4.79 Å². The molecule has 0 saturated carbocycles. The second-order valence-corrected chi connectivity index (χ2v) is 8.32. The molecule has 4 aromatic rings. The van der Waals surface area contributed by atoms with E-state index in [1.807, 2.05) is 18.4 Å². The topological polar surface area (TPSA) is 90.3 Å². The molecule has 2 N–H and O–H groups in total. The molecule has 10 heteroatoms. The Bertz CT molecular complexity index is 1310. The van der Waals surface area contributed by atoms with Gasteiger partial charge in [-0.2, -0.15) is 5.10 Å². The van der Waals surface area contributed by atoms with Crippen molar-refractivity contribution in [2.75, 3.05) is 25.6 Å². The first-order valence-electron chi connectivity index (χ1n) is 9.96. The fourth-order valence-corrected chi connectivity index (χ4v) is 4.20. The van der Waals surface area contributed by atoms with Gasteiger partial charge in [-0.05, 0) is 31.2 Å². The zero-order valence-electron chi connectivity index (χ0n) is 17.4. The van der Waals surface area contributed by atoms with Crippen molar-refractivity contribution in [3.63, 3.8) is 0 Å². The highest BCUT2D eigenvalue weighted by Crippen LogP contribution is 2.33. The minimum absolute atomic E-state index is 0.0712. The minimum atomic E-state index is -0.419. The minimum Gasteiger partial charge on any atom is -0.494 e. The number of halogens is 1. The molecule has 8 nitrogen and oxygen atoms in total. The van der Waals surface area contributed by atoms with Gasteiger partial charge in [0.2, 0.25) is 0 Å². The number of para-hydroxylation sites is 1. The highest BCUT2D eigenvalue weighted by Gasteiger charge is 2.22. The van der Waals surface area contributed by atoms with Crippen molar-refractivity contribution in [2.24, 2.45) is 0 Å². The van der Waals surface area contributed by atoms with E-state index in [9.17, 15) is 9.18 Å². The number of carbonyl (C=O) groups is 1. The molecule has 0 atom stereocenters. The van der Waals surface area contributed by atoms with E-state index in [0.717, 1.165) is 11.1 Å². The number of ether oxygens (including phenoxy) is 2. The molecule has 32 heavy (non-hydrogen) atoms. The molecule has 164 valence electrons. The number of carbonyl (C=O) groups excluding carboxylic acids is 1. The number of pyridine rings is 1. The summed E-state index contributed by atoms with van der Waals surface area (Å²) in [6, 6.07) is 8.37. The Morgan fingerprint density at radius 3 is 2.94 bits per heavy atom. The molecule has 0 radical (unpaired) electrons. The van der Waals surface area contributed by atoms with Crippen molar-refractivity contribution in [3.8, 4) is 11.4 Å². The first-order chi connectivity index (χ1) is 15.5. The second kappa shape index (κ2) is 8.21. The summed E-state index contributed by atoms with van der Waals surface area (Å²) in [5, 5.41) is 13.1. The Labute approximate surface area is 187 Å². The van der Waals surface area contributed by atoms with Gasteiger partial charge in [0.25, 0.3) is 5.91 Å². The molecular weight excluding hydrogens is 433 g/mol. The van der Waals surface area contributed by atoms with Crippen LogP contribution in [0.15, 0.2) is 41.9 Å². The highest BCUT2D eigenvalue weighted by molar-refractivity contribution is 7.12. The quantitative estimate of drug-likeness (QED) is 0.462. The number of hydrogen-bond donors (Lipinski definition) is 2. The van der Waals surface area contributed by atoms with E-state index in [2.05, 4.69) is 20.7 Å². The molecule has 0 unspecified atom stereocenters. The van der Waals surface area contributed by atoms with Crippen molar-refractivity contribution in [1.29, 1.82) is 0 Å². The Balaban J connectivity index is 1.44. The molecule has 0 aliphatic carbocycles. The van der Waals surface area contributed by atoms with Gasteiger partial charge in [-0.25, -0.2) is 14.1 Å². The molecule has 1 saturated heterocycles. The standard InChI is InChI=1S/C22H20FN5O3S/c1-12-17(27-20-16(23)4-3-5-18(20)30-2)6-13-8-24-28(21(13)25-12)15-7-19(32-11-15)22(29)26-14-9-31-10-14/h3-8,11,14,27H,9-10H2,1-2H3,(H,26,29). The van der Waals surface area contributed by atoms with Crippen LogP contribution in [0.3, 0.4) is 0 Å². The van der Waals surface area contributed by atoms with Gasteiger partial charge in [0.15, 0.2) is 5.65 Å². The molecule has 0 spiro atoms. The average Bonchev–Trinajstić information content (AvgIpc) is 3.39. The van der Waals surface area contributed by atoms with Crippen LogP contribution in [0.4, 0.5) is 15.8 Å². The summed E-state index contributed by atoms with van der Waals surface area (Å²) in [6.45, 7) is 2.93. The zero-order chi connectivity index (χ0) is 22.2. The first kappa shape index (κ1) is 20.4. The number of amides is 1. The van der Waals surface area contributed by atoms with Crippen LogP contribution in [0.1, 0.15) is 15.4 Å². The monoisotopic (exact) mass is 453 g/mol. The fourth-order valence-electron chi connectivity index (χ4n) is 3.43. The summed E-state index contributed by atoms with van der Waals surface area (Å²) < 4.78 is 26.4. The van der Waals surface area contributed by atoms with Gasteiger partial charge in [0.1, 0.15) is 17.3 Å². The maximum atomic E-state index is 14.3. The molecule has 0 bridgehead atoms. The number of anilines is 2. The number of benzene rings is 1. The smallest absolute Gasteiger partial charge is 0.261 e. The Kier molecular flexibility index (Phi) is 5.24. The maximum Gasteiger partial charge on any atom is 0.261 e. The molecule has 1 aromatic carbocycles. The highest BCUT2D eigenvalue weighted by atomic mass is 32.1. The van der Waals surface area contributed by atoms with Gasteiger partial charge in [-0.15, -0.1) is 11.3 Å². The normalized spacial score (nSPS) is 13.7. The zero-order valence-corrected chi connectivity index (χ0v) is 18.2. The van der Waals surface area contributed by atoms with Crippen LogP contribution in [0.2, 0.25) is 0 Å². The maximum absolute atomic E-state index is 14.3. The number of aryl methyl sites for hydroxylation is 1. The fraction of sp³-hybridized carbons (Fsp3) is 0.227. The molecule has 4 heterocycles. The number of fused-ring (bicyclic) bond motifs is 1. The number of rotatable bonds is 6. The third kappa shape index (κ3) is 3.67. The predicted molar refractivity (Wildman–Crippen MR) is 120 cm³/mol. The summed E-state index contributed by atoms with van der Waals surface area (Å²) in [6.07, 6.45) is 1.69.